The van der Waals surface area contributed by atoms with Gasteiger partial charge in [0, 0.05) is 38.5 Å². The molecule has 2 aromatic carbocycles. The van der Waals surface area contributed by atoms with Crippen molar-refractivity contribution in [3.05, 3.63) is 65.2 Å². The summed E-state index contributed by atoms with van der Waals surface area (Å²) in [6, 6.07) is 13.5. The van der Waals surface area contributed by atoms with E-state index in [1.165, 1.54) is 6.42 Å². The van der Waals surface area contributed by atoms with Gasteiger partial charge in [0.15, 0.2) is 0 Å². The summed E-state index contributed by atoms with van der Waals surface area (Å²) >= 11 is 0. The number of nitrogens with zero attached hydrogens (tertiary/aromatic N) is 1. The molecule has 3 fully saturated rings. The van der Waals surface area contributed by atoms with E-state index in [0.717, 1.165) is 61.0 Å². The molecule has 1 saturated heterocycles. The van der Waals surface area contributed by atoms with Gasteiger partial charge in [-0.05, 0) is 105 Å². The fourth-order valence-electron chi connectivity index (χ4n) is 8.38. The monoisotopic (exact) mass is 699 g/mol. The summed E-state index contributed by atoms with van der Waals surface area (Å²) in [7, 11) is 0. The highest BCUT2D eigenvalue weighted by atomic mass is 16.5. The van der Waals surface area contributed by atoms with Gasteiger partial charge in [-0.15, -0.1) is 0 Å². The van der Waals surface area contributed by atoms with Gasteiger partial charge in [-0.25, -0.2) is 0 Å². The average Bonchev–Trinajstić information content (AvgIpc) is 3.78. The van der Waals surface area contributed by atoms with E-state index in [1.807, 2.05) is 55.5 Å². The molecule has 4 aliphatic rings. The van der Waals surface area contributed by atoms with Crippen molar-refractivity contribution in [2.45, 2.75) is 96.2 Å². The van der Waals surface area contributed by atoms with Crippen molar-refractivity contribution in [1.29, 1.82) is 0 Å². The zero-order valence-electron chi connectivity index (χ0n) is 29.8. The summed E-state index contributed by atoms with van der Waals surface area (Å²) in [5.41, 5.74) is 2.95. The second-order valence-corrected chi connectivity index (χ2v) is 15.0. The largest absolute Gasteiger partial charge is 0.494 e. The zero-order valence-corrected chi connectivity index (χ0v) is 29.8. The van der Waals surface area contributed by atoms with Crippen molar-refractivity contribution >= 4 is 29.5 Å². The summed E-state index contributed by atoms with van der Waals surface area (Å²) in [4.78, 5) is 69.3. The number of amides is 5. The molecule has 6 bridgehead atoms. The van der Waals surface area contributed by atoms with Crippen molar-refractivity contribution in [3.63, 3.8) is 0 Å². The Morgan fingerprint density at radius 2 is 1.80 bits per heavy atom. The number of fused-ring (bicyclic) bond motifs is 6. The Hall–Kier alpha value is -4.41. The van der Waals surface area contributed by atoms with Gasteiger partial charge < -0.3 is 30.9 Å². The molecule has 11 nitrogen and oxygen atoms in total. The molecule has 274 valence electrons. The summed E-state index contributed by atoms with van der Waals surface area (Å²) in [6.45, 7) is 4.03. The van der Waals surface area contributed by atoms with E-state index < -0.39 is 23.9 Å². The molecule has 4 N–H and O–H groups in total. The molecule has 5 amide bonds. The van der Waals surface area contributed by atoms with Crippen LogP contribution in [0, 0.1) is 30.6 Å². The number of hydrogen-bond acceptors (Lipinski definition) is 6. The third kappa shape index (κ3) is 9.89. The highest BCUT2D eigenvalue weighted by molar-refractivity contribution is 5.95. The van der Waals surface area contributed by atoms with Gasteiger partial charge in [0.25, 0.3) is 0 Å². The molecule has 0 radical (unpaired) electrons. The van der Waals surface area contributed by atoms with Gasteiger partial charge in [-0.2, -0.15) is 0 Å². The minimum Gasteiger partial charge on any atom is -0.494 e. The molecule has 6 rings (SSSR count). The molecular weight excluding hydrogens is 646 g/mol. The average molecular weight is 700 g/mol. The van der Waals surface area contributed by atoms with Gasteiger partial charge in [0.2, 0.25) is 29.5 Å². The van der Waals surface area contributed by atoms with Crippen LogP contribution in [0.15, 0.2) is 48.5 Å². The second-order valence-electron chi connectivity index (χ2n) is 15.0. The van der Waals surface area contributed by atoms with Gasteiger partial charge in [0.1, 0.15) is 17.8 Å². The molecule has 2 aromatic rings. The SMILES string of the molecule is Cc1ccc2cc1CNC(=O)[C@H](CCc1ccccc1)NC(=O)[C@@H](NC(=O)CCNC(=O)C1CC3CCC1C3)CC(=O)N1CCCC(CCO2)C1. The fraction of sp³-hybridized carbons (Fsp3) is 0.575. The van der Waals surface area contributed by atoms with Gasteiger partial charge in [-0.3, -0.25) is 24.0 Å². The van der Waals surface area contributed by atoms with E-state index in [4.69, 9.17) is 4.74 Å². The fourth-order valence-corrected chi connectivity index (χ4v) is 8.38. The Labute approximate surface area is 301 Å². The maximum atomic E-state index is 14.0. The van der Waals surface area contributed by atoms with E-state index in [-0.39, 0.29) is 55.5 Å². The predicted molar refractivity (Wildman–Crippen MR) is 192 cm³/mol. The van der Waals surface area contributed by atoms with Crippen LogP contribution in [0.1, 0.15) is 80.9 Å². The lowest BCUT2D eigenvalue weighted by atomic mass is 9.88. The van der Waals surface area contributed by atoms with E-state index in [9.17, 15) is 24.0 Å². The van der Waals surface area contributed by atoms with E-state index in [1.54, 1.807) is 4.90 Å². The standard InChI is InChI=1S/C40H53N5O6/c1-26-9-13-32-22-31(26)24-42-39(49)34(14-11-27-6-3-2-4-7-27)44-40(50)35(23-37(47)45-18-5-8-28(25-45)16-19-51-32)43-36(46)15-17-41-38(48)33-21-29-10-12-30(33)20-29/h2-4,6-7,9,13,22,28-30,33-35H,5,8,10-12,14-21,23-25H2,1H3,(H,41,48)(H,42,49)(H,43,46)(H,44,50)/t28?,29?,30?,33?,34-,35-/m0/s1. The first-order valence-electron chi connectivity index (χ1n) is 18.9. The molecule has 11 heteroatoms. The maximum Gasteiger partial charge on any atom is 0.243 e. The van der Waals surface area contributed by atoms with Gasteiger partial charge in [0.05, 0.1) is 13.0 Å². The van der Waals surface area contributed by atoms with Crippen molar-refractivity contribution in [2.75, 3.05) is 26.2 Å². The zero-order chi connectivity index (χ0) is 35.7. The van der Waals surface area contributed by atoms with Crippen molar-refractivity contribution in [3.8, 4) is 5.75 Å². The first kappa shape index (κ1) is 36.4. The van der Waals surface area contributed by atoms with Crippen LogP contribution in [0.3, 0.4) is 0 Å². The van der Waals surface area contributed by atoms with E-state index in [2.05, 4.69) is 21.3 Å². The van der Waals surface area contributed by atoms with Crippen LogP contribution in [-0.4, -0.2) is 72.8 Å². The third-order valence-corrected chi connectivity index (χ3v) is 11.4. The first-order chi connectivity index (χ1) is 24.7. The summed E-state index contributed by atoms with van der Waals surface area (Å²) in [5.74, 6) is 0.479. The minimum absolute atomic E-state index is 0.00150. The van der Waals surface area contributed by atoms with Crippen LogP contribution >= 0.6 is 0 Å². The smallest absolute Gasteiger partial charge is 0.243 e. The van der Waals surface area contributed by atoms with Crippen molar-refractivity contribution in [2.24, 2.45) is 23.7 Å². The number of benzene rings is 2. The molecule has 0 spiro atoms. The normalized spacial score (nSPS) is 27.0. The number of nitrogens with one attached hydrogen (secondary N) is 4. The molecule has 2 aliphatic heterocycles. The highest BCUT2D eigenvalue weighted by Crippen LogP contribution is 2.48. The van der Waals surface area contributed by atoms with Crippen molar-refractivity contribution < 1.29 is 28.7 Å². The molecule has 2 saturated carbocycles. The molecule has 6 atom stereocenters. The second kappa shape index (κ2) is 17.2. The Morgan fingerprint density at radius 3 is 2.59 bits per heavy atom. The number of piperidine rings is 1. The Kier molecular flexibility index (Phi) is 12.3. The van der Waals surface area contributed by atoms with Crippen LogP contribution in [-0.2, 0) is 36.9 Å². The lowest BCUT2D eigenvalue weighted by Gasteiger charge is -2.34. The first-order valence-corrected chi connectivity index (χ1v) is 18.9. The van der Waals surface area contributed by atoms with Crippen molar-refractivity contribution in [1.82, 2.24) is 26.2 Å². The lowest BCUT2D eigenvalue weighted by Crippen LogP contribution is -2.55. The Morgan fingerprint density at radius 1 is 0.961 bits per heavy atom. The number of hydrogen-bond donors (Lipinski definition) is 4. The summed E-state index contributed by atoms with van der Waals surface area (Å²) in [6.07, 6.45) is 7.55. The Balaban J connectivity index is 1.17. The van der Waals surface area contributed by atoms with Crippen LogP contribution in [0.5, 0.6) is 5.75 Å². The molecule has 51 heavy (non-hydrogen) atoms. The highest BCUT2D eigenvalue weighted by Gasteiger charge is 2.43. The summed E-state index contributed by atoms with van der Waals surface area (Å²) < 4.78 is 6.12. The van der Waals surface area contributed by atoms with Crippen LogP contribution in [0.2, 0.25) is 0 Å². The number of rotatable bonds is 8. The van der Waals surface area contributed by atoms with Crippen LogP contribution in [0.4, 0.5) is 0 Å². The predicted octanol–water partition coefficient (Wildman–Crippen LogP) is 3.57. The number of aryl methyl sites for hydroxylation is 2. The lowest BCUT2D eigenvalue weighted by molar-refractivity contribution is -0.138. The topological polar surface area (TPSA) is 146 Å². The molecule has 2 aliphatic carbocycles. The van der Waals surface area contributed by atoms with Crippen LogP contribution < -0.4 is 26.0 Å². The third-order valence-electron chi connectivity index (χ3n) is 11.4. The molecular formula is C40H53N5O6. The molecule has 4 unspecified atom stereocenters. The van der Waals surface area contributed by atoms with Gasteiger partial charge in [-0.1, -0.05) is 42.8 Å². The maximum absolute atomic E-state index is 14.0. The minimum atomic E-state index is -1.18. The molecule has 0 aromatic heterocycles. The number of ether oxygens (including phenoxy) is 1. The summed E-state index contributed by atoms with van der Waals surface area (Å²) in [5, 5.41) is 11.6. The van der Waals surface area contributed by atoms with Gasteiger partial charge >= 0.3 is 0 Å². The van der Waals surface area contributed by atoms with E-state index in [0.29, 0.717) is 44.4 Å². The number of carbonyl (C=O) groups excluding carboxylic acids is 5. The van der Waals surface area contributed by atoms with E-state index >= 15 is 0 Å². The Bertz CT molecular complexity index is 1570. The number of carbonyl (C=O) groups is 5. The quantitative estimate of drug-likeness (QED) is 0.332. The van der Waals surface area contributed by atoms with Crippen LogP contribution in [0.25, 0.3) is 0 Å². The molecule has 2 heterocycles.